The van der Waals surface area contributed by atoms with Crippen molar-refractivity contribution in [1.82, 2.24) is 15.2 Å². The third kappa shape index (κ3) is 5.34. The summed E-state index contributed by atoms with van der Waals surface area (Å²) in [6, 6.07) is 19.5. The van der Waals surface area contributed by atoms with Crippen LogP contribution in [0.3, 0.4) is 0 Å². The van der Waals surface area contributed by atoms with Gasteiger partial charge in [-0.25, -0.2) is 13.4 Å². The fraction of sp³-hybridized carbons (Fsp3) is 0.286. The molecule has 0 aliphatic carbocycles. The van der Waals surface area contributed by atoms with Gasteiger partial charge in [-0.3, -0.25) is 14.0 Å². The summed E-state index contributed by atoms with van der Waals surface area (Å²) < 4.78 is 29.0. The summed E-state index contributed by atoms with van der Waals surface area (Å²) in [6.45, 7) is 5.21. The van der Waals surface area contributed by atoms with Crippen molar-refractivity contribution >= 4 is 59.9 Å². The van der Waals surface area contributed by atoms with E-state index in [1.54, 1.807) is 23.5 Å². The minimum Gasteiger partial charge on any atom is -0.351 e. The number of rotatable bonds is 7. The average Bonchev–Trinajstić information content (AvgIpc) is 3.58. The molecule has 1 amide bonds. The van der Waals surface area contributed by atoms with E-state index in [0.29, 0.717) is 25.1 Å². The molecule has 4 aromatic rings. The van der Waals surface area contributed by atoms with Crippen molar-refractivity contribution in [2.24, 2.45) is 0 Å². The highest BCUT2D eigenvalue weighted by Crippen LogP contribution is 2.33. The Morgan fingerprint density at radius 1 is 0.974 bits per heavy atom. The van der Waals surface area contributed by atoms with E-state index in [-0.39, 0.29) is 10.8 Å². The number of aromatic nitrogens is 1. The molecule has 1 aromatic heterocycles. The first-order valence-corrected chi connectivity index (χ1v) is 15.5. The third-order valence-electron chi connectivity index (χ3n) is 7.24. The number of fused-ring (bicyclic) bond motifs is 2. The summed E-state index contributed by atoms with van der Waals surface area (Å²) in [5.74, 6) is -0.211. The fourth-order valence-corrected chi connectivity index (χ4v) is 7.87. The number of hydrogen-bond acceptors (Lipinski definition) is 7. The maximum atomic E-state index is 13.2. The smallest absolute Gasteiger partial charge is 0.264 e. The molecule has 1 fully saturated rings. The van der Waals surface area contributed by atoms with Crippen molar-refractivity contribution in [3.05, 3.63) is 82.9 Å². The zero-order chi connectivity index (χ0) is 27.0. The van der Waals surface area contributed by atoms with E-state index in [0.717, 1.165) is 64.3 Å². The number of thiazole rings is 1. The van der Waals surface area contributed by atoms with Crippen LogP contribution in [-0.4, -0.2) is 70.0 Å². The molecule has 0 atom stereocenters. The molecule has 2 aliphatic rings. The molecule has 0 bridgehead atoms. The molecule has 3 aromatic carbocycles. The van der Waals surface area contributed by atoms with Crippen molar-refractivity contribution in [2.45, 2.75) is 11.3 Å². The van der Waals surface area contributed by atoms with Gasteiger partial charge in [0.2, 0.25) is 0 Å². The zero-order valence-corrected chi connectivity index (χ0v) is 23.6. The number of anilines is 2. The average molecular weight is 582 g/mol. The summed E-state index contributed by atoms with van der Waals surface area (Å²) in [7, 11) is -3.68. The zero-order valence-electron chi connectivity index (χ0n) is 21.2. The van der Waals surface area contributed by atoms with Gasteiger partial charge in [-0.1, -0.05) is 41.1 Å². The Hall–Kier alpha value is -3.18. The SMILES string of the molecule is O=C(NCCN1CCN(c2nc3ccc(Cl)cc3s2)CC1)c1ccc(S(=O)(=O)N2CCc3ccccc32)cc1. The molecule has 202 valence electrons. The number of halogens is 1. The van der Waals surface area contributed by atoms with Crippen LogP contribution < -0.4 is 14.5 Å². The molecule has 39 heavy (non-hydrogen) atoms. The fourth-order valence-electron chi connectivity index (χ4n) is 5.08. The number of amides is 1. The second-order valence-electron chi connectivity index (χ2n) is 9.67. The van der Waals surface area contributed by atoms with E-state index < -0.39 is 10.0 Å². The number of para-hydroxylation sites is 1. The molecule has 6 rings (SSSR count). The number of hydrogen-bond donors (Lipinski definition) is 1. The molecule has 3 heterocycles. The van der Waals surface area contributed by atoms with Crippen LogP contribution in [0.1, 0.15) is 15.9 Å². The van der Waals surface area contributed by atoms with E-state index in [9.17, 15) is 13.2 Å². The maximum Gasteiger partial charge on any atom is 0.264 e. The highest BCUT2D eigenvalue weighted by Gasteiger charge is 2.30. The Morgan fingerprint density at radius 3 is 2.54 bits per heavy atom. The number of carbonyl (C=O) groups excluding carboxylic acids is 1. The molecule has 11 heteroatoms. The molecule has 0 unspecified atom stereocenters. The van der Waals surface area contributed by atoms with Crippen LogP contribution in [-0.2, 0) is 16.4 Å². The van der Waals surface area contributed by atoms with Crippen LogP contribution in [0.2, 0.25) is 5.02 Å². The van der Waals surface area contributed by atoms with E-state index in [2.05, 4.69) is 15.1 Å². The predicted molar refractivity (Wildman–Crippen MR) is 157 cm³/mol. The van der Waals surface area contributed by atoms with E-state index in [4.69, 9.17) is 16.6 Å². The van der Waals surface area contributed by atoms with Gasteiger partial charge < -0.3 is 10.2 Å². The number of sulfonamides is 1. The first kappa shape index (κ1) is 26.1. The quantitative estimate of drug-likeness (QED) is 0.351. The summed E-state index contributed by atoms with van der Waals surface area (Å²) >= 11 is 7.77. The summed E-state index contributed by atoms with van der Waals surface area (Å²) in [5.41, 5.74) is 3.17. The van der Waals surface area contributed by atoms with E-state index in [1.807, 2.05) is 42.5 Å². The van der Waals surface area contributed by atoms with Gasteiger partial charge in [0.15, 0.2) is 5.13 Å². The molecular formula is C28H28ClN5O3S2. The van der Waals surface area contributed by atoms with E-state index >= 15 is 0 Å². The Balaban J connectivity index is 0.991. The van der Waals surface area contributed by atoms with Crippen molar-refractivity contribution in [3.63, 3.8) is 0 Å². The minimum absolute atomic E-state index is 0.185. The van der Waals surface area contributed by atoms with E-state index in [1.165, 1.54) is 16.4 Å². The molecule has 0 radical (unpaired) electrons. The van der Waals surface area contributed by atoms with Crippen LogP contribution in [0.5, 0.6) is 0 Å². The van der Waals surface area contributed by atoms with Gasteiger partial charge in [0, 0.05) is 56.4 Å². The van der Waals surface area contributed by atoms with Gasteiger partial charge >= 0.3 is 0 Å². The van der Waals surface area contributed by atoms with Crippen LogP contribution in [0, 0.1) is 0 Å². The van der Waals surface area contributed by atoms with Crippen molar-refractivity contribution in [1.29, 1.82) is 0 Å². The van der Waals surface area contributed by atoms with Gasteiger partial charge in [-0.15, -0.1) is 0 Å². The first-order chi connectivity index (χ1) is 18.9. The lowest BCUT2D eigenvalue weighted by Crippen LogP contribution is -2.48. The van der Waals surface area contributed by atoms with Gasteiger partial charge in [-0.05, 0) is 60.5 Å². The van der Waals surface area contributed by atoms with Gasteiger partial charge in [0.05, 0.1) is 20.8 Å². The minimum atomic E-state index is -3.68. The summed E-state index contributed by atoms with van der Waals surface area (Å²) in [5, 5.41) is 4.70. The van der Waals surface area contributed by atoms with Crippen molar-refractivity contribution in [2.75, 3.05) is 55.0 Å². The van der Waals surface area contributed by atoms with Crippen LogP contribution >= 0.6 is 22.9 Å². The highest BCUT2D eigenvalue weighted by molar-refractivity contribution is 7.92. The molecule has 1 saturated heterocycles. The second kappa shape index (κ2) is 10.8. The lowest BCUT2D eigenvalue weighted by Gasteiger charge is -2.34. The maximum absolute atomic E-state index is 13.2. The predicted octanol–water partition coefficient (Wildman–Crippen LogP) is 4.25. The molecule has 0 saturated carbocycles. The number of carbonyl (C=O) groups is 1. The number of piperazine rings is 1. The molecule has 1 N–H and O–H groups in total. The topological polar surface area (TPSA) is 85.9 Å². The number of nitrogens with one attached hydrogen (secondary N) is 1. The molecular weight excluding hydrogens is 554 g/mol. The van der Waals surface area contributed by atoms with Gasteiger partial charge in [0.25, 0.3) is 15.9 Å². The Kier molecular flexibility index (Phi) is 7.20. The van der Waals surface area contributed by atoms with Crippen molar-refractivity contribution in [3.8, 4) is 0 Å². The summed E-state index contributed by atoms with van der Waals surface area (Å²) in [6.07, 6.45) is 0.697. The normalized spacial score (nSPS) is 16.0. The Bertz CT molecular complexity index is 1620. The Morgan fingerprint density at radius 2 is 1.74 bits per heavy atom. The van der Waals surface area contributed by atoms with Crippen LogP contribution in [0.4, 0.5) is 10.8 Å². The Labute approximate surface area is 236 Å². The lowest BCUT2D eigenvalue weighted by atomic mass is 10.2. The highest BCUT2D eigenvalue weighted by atomic mass is 35.5. The molecule has 0 spiro atoms. The van der Waals surface area contributed by atoms with Gasteiger partial charge in [0.1, 0.15) is 0 Å². The first-order valence-electron chi connectivity index (χ1n) is 12.9. The number of benzene rings is 3. The third-order valence-corrected chi connectivity index (χ3v) is 10.4. The largest absolute Gasteiger partial charge is 0.351 e. The van der Waals surface area contributed by atoms with Gasteiger partial charge in [-0.2, -0.15) is 0 Å². The standard InChI is InChI=1S/C28H28ClN5O3S2/c29-22-7-10-24-26(19-22)38-28(31-24)33-17-15-32(16-18-33)14-12-30-27(35)21-5-8-23(9-6-21)39(36,37)34-13-11-20-3-1-2-4-25(20)34/h1-10,19H,11-18H2,(H,30,35). The number of nitrogens with zero attached hydrogens (tertiary/aromatic N) is 4. The molecule has 8 nitrogen and oxygen atoms in total. The van der Waals surface area contributed by atoms with Crippen LogP contribution in [0.15, 0.2) is 71.6 Å². The lowest BCUT2D eigenvalue weighted by molar-refractivity contribution is 0.0947. The molecule has 2 aliphatic heterocycles. The van der Waals surface area contributed by atoms with Crippen LogP contribution in [0.25, 0.3) is 10.2 Å². The van der Waals surface area contributed by atoms with Crippen molar-refractivity contribution < 1.29 is 13.2 Å². The monoisotopic (exact) mass is 581 g/mol. The summed E-state index contributed by atoms with van der Waals surface area (Å²) in [4.78, 5) is 22.2. The second-order valence-corrected chi connectivity index (χ2v) is 13.0.